The van der Waals surface area contributed by atoms with Crippen LogP contribution in [0.1, 0.15) is 29.0 Å². The standard InChI is InChI=1S/C20H20N4O4/c1-28-17-12-13(22-18(25)14-6-2-4-10-21-14)8-9-15(17)24-19(26)16-7-3-5-11-23(16)20(24)27/h2,4,6,8-10,12,26H,3,5,7,11H2,1H3,(H,22,25). The molecule has 1 aliphatic rings. The minimum Gasteiger partial charge on any atom is -0.494 e. The first-order valence-corrected chi connectivity index (χ1v) is 9.04. The average molecular weight is 380 g/mol. The number of hydrogen-bond acceptors (Lipinski definition) is 5. The van der Waals surface area contributed by atoms with Crippen molar-refractivity contribution >= 4 is 11.6 Å². The lowest BCUT2D eigenvalue weighted by Crippen LogP contribution is -2.26. The molecular formula is C20H20N4O4. The summed E-state index contributed by atoms with van der Waals surface area (Å²) in [5.74, 6) is -0.0535. The van der Waals surface area contributed by atoms with Crippen molar-refractivity contribution in [2.24, 2.45) is 0 Å². The van der Waals surface area contributed by atoms with Crippen molar-refractivity contribution in [1.29, 1.82) is 0 Å². The first-order valence-electron chi connectivity index (χ1n) is 9.04. The maximum atomic E-state index is 12.8. The first-order chi connectivity index (χ1) is 13.6. The fourth-order valence-electron chi connectivity index (χ4n) is 3.47. The maximum Gasteiger partial charge on any atom is 0.336 e. The summed E-state index contributed by atoms with van der Waals surface area (Å²) < 4.78 is 8.28. The molecule has 4 rings (SSSR count). The number of ether oxygens (including phenoxy) is 1. The summed E-state index contributed by atoms with van der Waals surface area (Å²) in [7, 11) is 1.47. The summed E-state index contributed by atoms with van der Waals surface area (Å²) >= 11 is 0. The zero-order valence-corrected chi connectivity index (χ0v) is 15.4. The molecule has 0 radical (unpaired) electrons. The lowest BCUT2D eigenvalue weighted by atomic mass is 10.1. The number of hydrogen-bond donors (Lipinski definition) is 2. The molecule has 0 atom stereocenters. The van der Waals surface area contributed by atoms with E-state index in [0.717, 1.165) is 12.8 Å². The summed E-state index contributed by atoms with van der Waals surface area (Å²) in [5, 5.41) is 13.4. The van der Waals surface area contributed by atoms with Crippen LogP contribution in [-0.4, -0.2) is 32.2 Å². The number of carbonyl (C=O) groups excluding carboxylic acids is 1. The molecule has 0 bridgehead atoms. The Morgan fingerprint density at radius 2 is 2.11 bits per heavy atom. The molecule has 1 aliphatic heterocycles. The van der Waals surface area contributed by atoms with Gasteiger partial charge in [0.25, 0.3) is 5.91 Å². The minimum atomic E-state index is -0.352. The Hall–Kier alpha value is -3.55. The van der Waals surface area contributed by atoms with E-state index in [1.165, 1.54) is 11.7 Å². The summed E-state index contributed by atoms with van der Waals surface area (Å²) in [5.41, 5.74) is 1.55. The van der Waals surface area contributed by atoms with E-state index in [2.05, 4.69) is 10.3 Å². The van der Waals surface area contributed by atoms with Crippen LogP contribution in [0.5, 0.6) is 11.6 Å². The lowest BCUT2D eigenvalue weighted by molar-refractivity contribution is 0.102. The van der Waals surface area contributed by atoms with Gasteiger partial charge in [-0.25, -0.2) is 9.36 Å². The topological polar surface area (TPSA) is 98.4 Å². The van der Waals surface area contributed by atoms with Gasteiger partial charge in [-0.3, -0.25) is 14.3 Å². The van der Waals surface area contributed by atoms with E-state index in [9.17, 15) is 14.7 Å². The second kappa shape index (κ2) is 7.22. The molecule has 2 aromatic heterocycles. The van der Waals surface area contributed by atoms with Crippen molar-refractivity contribution in [3.8, 4) is 17.3 Å². The molecule has 0 aliphatic carbocycles. The van der Waals surface area contributed by atoms with Crippen molar-refractivity contribution in [3.63, 3.8) is 0 Å². The third-order valence-corrected chi connectivity index (χ3v) is 4.84. The van der Waals surface area contributed by atoms with E-state index >= 15 is 0 Å². The molecule has 3 heterocycles. The van der Waals surface area contributed by atoms with Gasteiger partial charge in [-0.05, 0) is 43.5 Å². The second-order valence-corrected chi connectivity index (χ2v) is 6.55. The van der Waals surface area contributed by atoms with Crippen molar-refractivity contribution in [3.05, 3.63) is 64.5 Å². The molecule has 8 heteroatoms. The smallest absolute Gasteiger partial charge is 0.336 e. The lowest BCUT2D eigenvalue weighted by Gasteiger charge is -2.12. The number of methoxy groups -OCH3 is 1. The van der Waals surface area contributed by atoms with Gasteiger partial charge in [0.1, 0.15) is 11.4 Å². The molecule has 0 saturated heterocycles. The number of nitrogens with one attached hydrogen (secondary N) is 1. The number of aromatic nitrogens is 3. The fourth-order valence-corrected chi connectivity index (χ4v) is 3.47. The predicted molar refractivity (Wildman–Crippen MR) is 103 cm³/mol. The van der Waals surface area contributed by atoms with Gasteiger partial charge in [0.15, 0.2) is 0 Å². The van der Waals surface area contributed by atoms with Crippen LogP contribution in [0, 0.1) is 0 Å². The molecule has 144 valence electrons. The van der Waals surface area contributed by atoms with Crippen LogP contribution in [0.3, 0.4) is 0 Å². The Labute approximate surface area is 161 Å². The van der Waals surface area contributed by atoms with Crippen LogP contribution in [0.15, 0.2) is 47.4 Å². The number of anilines is 1. The van der Waals surface area contributed by atoms with Crippen molar-refractivity contribution in [2.75, 3.05) is 12.4 Å². The summed E-state index contributed by atoms with van der Waals surface area (Å²) in [6, 6.07) is 9.98. The molecule has 1 aromatic carbocycles. The Bertz CT molecular complexity index is 1090. The first kappa shape index (κ1) is 17.8. The van der Waals surface area contributed by atoms with Gasteiger partial charge in [-0.1, -0.05) is 6.07 Å². The normalized spacial score (nSPS) is 13.0. The maximum absolute atomic E-state index is 12.8. The molecule has 2 N–H and O–H groups in total. The molecule has 1 amide bonds. The van der Waals surface area contributed by atoms with Crippen molar-refractivity contribution < 1.29 is 14.6 Å². The van der Waals surface area contributed by atoms with Gasteiger partial charge in [-0.15, -0.1) is 0 Å². The van der Waals surface area contributed by atoms with Crippen LogP contribution in [0.25, 0.3) is 5.69 Å². The van der Waals surface area contributed by atoms with Crippen LogP contribution in [0.4, 0.5) is 5.69 Å². The summed E-state index contributed by atoms with van der Waals surface area (Å²) in [4.78, 5) is 29.1. The molecule has 8 nitrogen and oxygen atoms in total. The highest BCUT2D eigenvalue weighted by Crippen LogP contribution is 2.31. The molecule has 3 aromatic rings. The van der Waals surface area contributed by atoms with Crippen LogP contribution >= 0.6 is 0 Å². The van der Waals surface area contributed by atoms with Crippen molar-refractivity contribution in [1.82, 2.24) is 14.1 Å². The zero-order chi connectivity index (χ0) is 19.7. The molecule has 28 heavy (non-hydrogen) atoms. The summed E-state index contributed by atoms with van der Waals surface area (Å²) in [6.45, 7) is 0.593. The largest absolute Gasteiger partial charge is 0.494 e. The van der Waals surface area contributed by atoms with E-state index in [1.807, 2.05) is 0 Å². The van der Waals surface area contributed by atoms with Crippen LogP contribution in [-0.2, 0) is 13.0 Å². The number of benzene rings is 1. The SMILES string of the molecule is COc1cc(NC(=O)c2ccccn2)ccc1-n1c(O)c2n(c1=O)CCCC2. The van der Waals surface area contributed by atoms with Crippen LogP contribution in [0.2, 0.25) is 0 Å². The van der Waals surface area contributed by atoms with E-state index in [-0.39, 0.29) is 17.5 Å². The van der Waals surface area contributed by atoms with E-state index < -0.39 is 0 Å². The monoisotopic (exact) mass is 380 g/mol. The zero-order valence-electron chi connectivity index (χ0n) is 15.4. The Balaban J connectivity index is 1.70. The number of nitrogens with zero attached hydrogens (tertiary/aromatic N) is 3. The Morgan fingerprint density at radius 1 is 1.25 bits per heavy atom. The van der Waals surface area contributed by atoms with Crippen molar-refractivity contribution in [2.45, 2.75) is 25.8 Å². The van der Waals surface area contributed by atoms with E-state index in [4.69, 9.17) is 4.74 Å². The molecule has 0 unspecified atom stereocenters. The third kappa shape index (κ3) is 3.02. The number of amides is 1. The minimum absolute atomic E-state index is 0.0618. The van der Waals surface area contributed by atoms with Gasteiger partial charge in [0.05, 0.1) is 18.5 Å². The predicted octanol–water partition coefficient (Wildman–Crippen LogP) is 2.34. The molecular weight excluding hydrogens is 360 g/mol. The molecule has 0 saturated carbocycles. The number of carbonyl (C=O) groups is 1. The number of pyridine rings is 1. The van der Waals surface area contributed by atoms with Gasteiger partial charge in [-0.2, -0.15) is 0 Å². The van der Waals surface area contributed by atoms with Gasteiger partial charge in [0, 0.05) is 24.5 Å². The van der Waals surface area contributed by atoms with Gasteiger partial charge in [0.2, 0.25) is 5.88 Å². The highest BCUT2D eigenvalue weighted by Gasteiger charge is 2.24. The Kier molecular flexibility index (Phi) is 4.60. The Morgan fingerprint density at radius 3 is 2.82 bits per heavy atom. The quantitative estimate of drug-likeness (QED) is 0.724. The van der Waals surface area contributed by atoms with Gasteiger partial charge < -0.3 is 15.2 Å². The van der Waals surface area contributed by atoms with E-state index in [1.54, 1.807) is 47.2 Å². The fraction of sp³-hybridized carbons (Fsp3) is 0.250. The number of aromatic hydroxyl groups is 1. The molecule has 0 spiro atoms. The number of fused-ring (bicyclic) bond motifs is 1. The number of rotatable bonds is 4. The number of imidazole rings is 1. The highest BCUT2D eigenvalue weighted by molar-refractivity contribution is 6.03. The average Bonchev–Trinajstić information content (AvgIpc) is 2.99. The highest BCUT2D eigenvalue weighted by atomic mass is 16.5. The third-order valence-electron chi connectivity index (χ3n) is 4.84. The summed E-state index contributed by atoms with van der Waals surface area (Å²) in [6.07, 6.45) is 4.05. The molecule has 0 fully saturated rings. The van der Waals surface area contributed by atoms with E-state index in [0.29, 0.717) is 41.5 Å². The van der Waals surface area contributed by atoms with Gasteiger partial charge >= 0.3 is 5.69 Å². The second-order valence-electron chi connectivity index (χ2n) is 6.55. The van der Waals surface area contributed by atoms with Crippen LogP contribution < -0.4 is 15.7 Å².